The van der Waals surface area contributed by atoms with E-state index in [1.54, 1.807) is 18.2 Å². The lowest BCUT2D eigenvalue weighted by atomic mass is 10.1. The molecule has 10 heteroatoms. The largest absolute Gasteiger partial charge is 0.295 e. The monoisotopic (exact) mass is 377 g/mol. The van der Waals surface area contributed by atoms with Gasteiger partial charge >= 0.3 is 0 Å². The molecule has 25 heavy (non-hydrogen) atoms. The molecule has 0 atom stereocenters. The molecule has 0 aliphatic rings. The molecule has 2 N–H and O–H groups in total. The second kappa shape index (κ2) is 6.88. The van der Waals surface area contributed by atoms with Crippen molar-refractivity contribution in [2.24, 2.45) is 10.2 Å². The highest BCUT2D eigenvalue weighted by atomic mass is 35.5. The number of nitro groups is 1. The average molecular weight is 378 g/mol. The summed E-state index contributed by atoms with van der Waals surface area (Å²) in [5, 5.41) is 24.6. The highest BCUT2D eigenvalue weighted by Gasteiger charge is 2.15. The smallest absolute Gasteiger partial charge is 0.292 e. The van der Waals surface area contributed by atoms with Crippen LogP contribution in [0.4, 0.5) is 17.1 Å². The Balaban J connectivity index is 2.03. The summed E-state index contributed by atoms with van der Waals surface area (Å²) in [6, 6.07) is 10.4. The minimum absolute atomic E-state index is 0.0217. The first-order valence-electron chi connectivity index (χ1n) is 6.88. The lowest BCUT2D eigenvalue weighted by Gasteiger charge is -2.00. The van der Waals surface area contributed by atoms with Gasteiger partial charge in [-0.15, -0.1) is 10.2 Å². The highest BCUT2D eigenvalue weighted by Crippen LogP contribution is 2.32. The number of nitrogens with one attached hydrogen (secondary N) is 2. The predicted octanol–water partition coefficient (Wildman–Crippen LogP) is 5.00. The van der Waals surface area contributed by atoms with Gasteiger partial charge in [0.25, 0.3) is 11.2 Å². The molecule has 0 amide bonds. The van der Waals surface area contributed by atoms with E-state index in [-0.39, 0.29) is 22.1 Å². The third-order valence-corrected chi connectivity index (χ3v) is 3.80. The molecular weight excluding hydrogens is 369 g/mol. The van der Waals surface area contributed by atoms with Gasteiger partial charge in [-0.1, -0.05) is 35.3 Å². The molecule has 3 rings (SSSR count). The van der Waals surface area contributed by atoms with Gasteiger partial charge in [0.15, 0.2) is 5.69 Å². The quantitative estimate of drug-likeness (QED) is 0.378. The van der Waals surface area contributed by atoms with Crippen LogP contribution in [0, 0.1) is 10.1 Å². The number of H-pyrrole nitrogens is 2. The zero-order valence-corrected chi connectivity index (χ0v) is 13.9. The summed E-state index contributed by atoms with van der Waals surface area (Å²) in [6.07, 6.45) is 0. The molecule has 2 aromatic carbocycles. The van der Waals surface area contributed by atoms with Crippen LogP contribution in [0.2, 0.25) is 10.0 Å². The van der Waals surface area contributed by atoms with Gasteiger partial charge in [-0.05, 0) is 18.2 Å². The Morgan fingerprint density at radius 3 is 2.56 bits per heavy atom. The van der Waals surface area contributed by atoms with Gasteiger partial charge in [0.1, 0.15) is 5.69 Å². The lowest BCUT2D eigenvalue weighted by Crippen LogP contribution is -1.96. The number of rotatable bonds is 4. The minimum Gasteiger partial charge on any atom is -0.295 e. The molecule has 0 aliphatic heterocycles. The number of aromatic nitrogens is 2. The van der Waals surface area contributed by atoms with Crippen molar-refractivity contribution in [3.8, 4) is 11.3 Å². The lowest BCUT2D eigenvalue weighted by molar-refractivity contribution is -0.384. The maximum absolute atomic E-state index is 12.0. The van der Waals surface area contributed by atoms with Crippen molar-refractivity contribution in [3.05, 3.63) is 73.0 Å². The van der Waals surface area contributed by atoms with Crippen LogP contribution in [0.15, 0.2) is 57.5 Å². The number of non-ortho nitro benzene ring substituents is 1. The van der Waals surface area contributed by atoms with E-state index in [0.717, 1.165) is 0 Å². The maximum Gasteiger partial charge on any atom is 0.292 e. The van der Waals surface area contributed by atoms with Crippen LogP contribution >= 0.6 is 23.2 Å². The molecule has 1 heterocycles. The van der Waals surface area contributed by atoms with Crippen molar-refractivity contribution >= 4 is 40.3 Å². The first-order chi connectivity index (χ1) is 12.0. The number of nitro benzene ring substituents is 1. The molecule has 0 bridgehead atoms. The fourth-order valence-corrected chi connectivity index (χ4v) is 2.54. The normalized spacial score (nSPS) is 11.1. The zero-order chi connectivity index (χ0) is 18.0. The third-order valence-electron chi connectivity index (χ3n) is 3.27. The average Bonchev–Trinajstić information content (AvgIpc) is 2.95. The second-order valence-electron chi connectivity index (χ2n) is 4.91. The van der Waals surface area contributed by atoms with Crippen molar-refractivity contribution in [2.45, 2.75) is 0 Å². The van der Waals surface area contributed by atoms with Crippen LogP contribution in [-0.2, 0) is 0 Å². The van der Waals surface area contributed by atoms with Crippen LogP contribution < -0.4 is 5.56 Å². The van der Waals surface area contributed by atoms with Crippen LogP contribution in [0.3, 0.4) is 0 Å². The summed E-state index contributed by atoms with van der Waals surface area (Å²) in [4.78, 5) is 22.3. The van der Waals surface area contributed by atoms with Crippen LogP contribution in [0.1, 0.15) is 0 Å². The molecule has 0 saturated heterocycles. The van der Waals surface area contributed by atoms with Crippen LogP contribution in [0.5, 0.6) is 0 Å². The predicted molar refractivity (Wildman–Crippen MR) is 94.1 cm³/mol. The van der Waals surface area contributed by atoms with Gasteiger partial charge in [0, 0.05) is 22.7 Å². The summed E-state index contributed by atoms with van der Waals surface area (Å²) in [6.45, 7) is 0. The highest BCUT2D eigenvalue weighted by molar-refractivity contribution is 6.36. The SMILES string of the molecule is O=c1[nH][nH]c(-c2cccc([N+](=O)[O-])c2)c1N=Nc1ccc(Cl)cc1Cl. The van der Waals surface area contributed by atoms with Gasteiger partial charge in [0.2, 0.25) is 0 Å². The van der Waals surface area contributed by atoms with Gasteiger partial charge in [-0.2, -0.15) is 0 Å². The van der Waals surface area contributed by atoms with E-state index < -0.39 is 10.5 Å². The van der Waals surface area contributed by atoms with Gasteiger partial charge in [-0.25, -0.2) is 0 Å². The Hall–Kier alpha value is -2.97. The molecule has 0 spiro atoms. The summed E-state index contributed by atoms with van der Waals surface area (Å²) >= 11 is 11.8. The van der Waals surface area contributed by atoms with Crippen molar-refractivity contribution in [1.82, 2.24) is 10.2 Å². The number of azo groups is 1. The molecule has 0 unspecified atom stereocenters. The fourth-order valence-electron chi connectivity index (χ4n) is 2.10. The van der Waals surface area contributed by atoms with E-state index in [2.05, 4.69) is 20.4 Å². The van der Waals surface area contributed by atoms with E-state index in [1.165, 1.54) is 24.3 Å². The molecule has 0 saturated carbocycles. The number of aromatic amines is 2. The van der Waals surface area contributed by atoms with Crippen molar-refractivity contribution in [1.29, 1.82) is 0 Å². The summed E-state index contributed by atoms with van der Waals surface area (Å²) in [5.41, 5.74) is 0.382. The molecule has 0 radical (unpaired) electrons. The summed E-state index contributed by atoms with van der Waals surface area (Å²) in [5.74, 6) is 0. The molecule has 1 aromatic heterocycles. The van der Waals surface area contributed by atoms with E-state index in [9.17, 15) is 14.9 Å². The van der Waals surface area contributed by atoms with E-state index >= 15 is 0 Å². The third kappa shape index (κ3) is 3.59. The Morgan fingerprint density at radius 2 is 1.84 bits per heavy atom. The van der Waals surface area contributed by atoms with Crippen molar-refractivity contribution in [3.63, 3.8) is 0 Å². The van der Waals surface area contributed by atoms with Gasteiger partial charge in [0.05, 0.1) is 15.6 Å². The minimum atomic E-state index is -0.525. The van der Waals surface area contributed by atoms with Crippen molar-refractivity contribution in [2.75, 3.05) is 0 Å². The second-order valence-corrected chi connectivity index (χ2v) is 5.75. The fraction of sp³-hybridized carbons (Fsp3) is 0. The maximum atomic E-state index is 12.0. The Bertz CT molecular complexity index is 1040. The number of halogens is 2. The molecular formula is C15H9Cl2N5O3. The van der Waals surface area contributed by atoms with E-state index in [0.29, 0.717) is 16.3 Å². The number of nitrogens with zero attached hydrogens (tertiary/aromatic N) is 3. The Kier molecular flexibility index (Phi) is 4.64. The molecule has 126 valence electrons. The summed E-state index contributed by atoms with van der Waals surface area (Å²) < 4.78 is 0. The molecule has 8 nitrogen and oxygen atoms in total. The summed E-state index contributed by atoms with van der Waals surface area (Å²) in [7, 11) is 0. The Labute approximate surface area is 150 Å². The first-order valence-corrected chi connectivity index (χ1v) is 7.63. The van der Waals surface area contributed by atoms with E-state index in [1.807, 2.05) is 0 Å². The number of hydrogen-bond donors (Lipinski definition) is 2. The first kappa shape index (κ1) is 16.9. The topological polar surface area (TPSA) is 117 Å². The van der Waals surface area contributed by atoms with Crippen LogP contribution in [-0.4, -0.2) is 15.1 Å². The van der Waals surface area contributed by atoms with Crippen LogP contribution in [0.25, 0.3) is 11.3 Å². The van der Waals surface area contributed by atoms with Gasteiger partial charge < -0.3 is 0 Å². The van der Waals surface area contributed by atoms with Gasteiger partial charge in [-0.3, -0.25) is 25.1 Å². The standard InChI is InChI=1S/C15H9Cl2N5O3/c16-9-4-5-12(11(17)7-9)18-20-14-13(19-21-15(14)23)8-2-1-3-10(6-8)22(24)25/h1-7H,(H2,19,21,23). The van der Waals surface area contributed by atoms with Crippen molar-refractivity contribution < 1.29 is 4.92 Å². The molecule has 0 fully saturated rings. The molecule has 3 aromatic rings. The number of hydrogen-bond acceptors (Lipinski definition) is 5. The Morgan fingerprint density at radius 1 is 1.04 bits per heavy atom. The zero-order valence-electron chi connectivity index (χ0n) is 12.4. The molecule has 0 aliphatic carbocycles. The van der Waals surface area contributed by atoms with E-state index in [4.69, 9.17) is 23.2 Å². The number of benzene rings is 2.